The molecule has 0 aromatic heterocycles. The molecule has 0 heterocycles. The average Bonchev–Trinajstić information content (AvgIpc) is 2.78. The molecule has 0 aromatic rings. The maximum Gasteiger partial charge on any atom is 0.326 e. The number of hydrogen-bond acceptors (Lipinski definition) is 3. The normalized spacial score (nSPS) is 18.9. The van der Waals surface area contributed by atoms with Crippen molar-refractivity contribution in [2.75, 3.05) is 0 Å². The van der Waals surface area contributed by atoms with Crippen LogP contribution in [0, 0.1) is 23.2 Å². The van der Waals surface area contributed by atoms with Crippen LogP contribution in [0.3, 0.4) is 0 Å². The van der Waals surface area contributed by atoms with Gasteiger partial charge >= 0.3 is 5.97 Å². The smallest absolute Gasteiger partial charge is 0.326 e. The number of rotatable bonds is 6. The molecule has 100 valence electrons. The predicted molar refractivity (Wildman–Crippen MR) is 65.5 cm³/mol. The number of hydrogen-bond donors (Lipinski definition) is 2. The molecule has 1 rings (SSSR count). The SMILES string of the molecule is C[C@H](CC#N)[C@H](NC(=O)CC1CCCC1)C(=O)O. The molecule has 2 atom stereocenters. The van der Waals surface area contributed by atoms with Gasteiger partial charge in [-0.3, -0.25) is 4.79 Å². The minimum Gasteiger partial charge on any atom is -0.480 e. The summed E-state index contributed by atoms with van der Waals surface area (Å²) < 4.78 is 0. The summed E-state index contributed by atoms with van der Waals surface area (Å²) in [5.41, 5.74) is 0. The van der Waals surface area contributed by atoms with Crippen molar-refractivity contribution in [3.05, 3.63) is 0 Å². The van der Waals surface area contributed by atoms with Crippen molar-refractivity contribution >= 4 is 11.9 Å². The van der Waals surface area contributed by atoms with Crippen molar-refractivity contribution in [1.82, 2.24) is 5.32 Å². The van der Waals surface area contributed by atoms with Crippen molar-refractivity contribution in [1.29, 1.82) is 5.26 Å². The summed E-state index contributed by atoms with van der Waals surface area (Å²) in [6.07, 6.45) is 4.96. The van der Waals surface area contributed by atoms with Crippen molar-refractivity contribution in [2.45, 2.75) is 51.5 Å². The Morgan fingerprint density at radius 2 is 2.06 bits per heavy atom. The zero-order valence-electron chi connectivity index (χ0n) is 10.7. The van der Waals surface area contributed by atoms with Crippen molar-refractivity contribution in [2.24, 2.45) is 11.8 Å². The van der Waals surface area contributed by atoms with E-state index in [-0.39, 0.29) is 18.2 Å². The minimum atomic E-state index is -1.07. The van der Waals surface area contributed by atoms with Crippen LogP contribution in [0.5, 0.6) is 0 Å². The lowest BCUT2D eigenvalue weighted by molar-refractivity contribution is -0.143. The van der Waals surface area contributed by atoms with Crippen LogP contribution in [-0.2, 0) is 9.59 Å². The standard InChI is InChI=1S/C13H20N2O3/c1-9(6-7-14)12(13(17)18)15-11(16)8-10-4-2-3-5-10/h9-10,12H,2-6,8H2,1H3,(H,15,16)(H,17,18)/t9-,12+/m1/s1. The molecular weight excluding hydrogens is 232 g/mol. The quantitative estimate of drug-likeness (QED) is 0.752. The van der Waals surface area contributed by atoms with Crippen LogP contribution in [0.1, 0.15) is 45.4 Å². The van der Waals surface area contributed by atoms with E-state index in [0.29, 0.717) is 12.3 Å². The van der Waals surface area contributed by atoms with Crippen LogP contribution >= 0.6 is 0 Å². The lowest BCUT2D eigenvalue weighted by atomic mass is 9.97. The number of carboxylic acid groups (broad SMARTS) is 1. The van der Waals surface area contributed by atoms with Gasteiger partial charge in [-0.15, -0.1) is 0 Å². The van der Waals surface area contributed by atoms with Crippen LogP contribution in [0.4, 0.5) is 0 Å². The van der Waals surface area contributed by atoms with Gasteiger partial charge in [-0.1, -0.05) is 19.8 Å². The molecule has 0 saturated heterocycles. The van der Waals surface area contributed by atoms with Gasteiger partial charge < -0.3 is 10.4 Å². The van der Waals surface area contributed by atoms with Crippen LogP contribution in [-0.4, -0.2) is 23.0 Å². The monoisotopic (exact) mass is 252 g/mol. The number of nitriles is 1. The van der Waals surface area contributed by atoms with Crippen LogP contribution in [0.15, 0.2) is 0 Å². The van der Waals surface area contributed by atoms with E-state index in [1.807, 2.05) is 6.07 Å². The number of nitrogens with zero attached hydrogens (tertiary/aromatic N) is 1. The number of carbonyl (C=O) groups excluding carboxylic acids is 1. The van der Waals surface area contributed by atoms with E-state index in [4.69, 9.17) is 10.4 Å². The van der Waals surface area contributed by atoms with Gasteiger partial charge in [0, 0.05) is 18.8 Å². The Morgan fingerprint density at radius 3 is 2.56 bits per heavy atom. The third kappa shape index (κ3) is 4.36. The Hall–Kier alpha value is -1.57. The van der Waals surface area contributed by atoms with E-state index in [0.717, 1.165) is 25.7 Å². The summed E-state index contributed by atoms with van der Waals surface area (Å²) in [5.74, 6) is -1.26. The molecule has 1 aliphatic rings. The van der Waals surface area contributed by atoms with Crippen molar-refractivity contribution in [3.8, 4) is 6.07 Å². The first-order valence-corrected chi connectivity index (χ1v) is 6.43. The minimum absolute atomic E-state index is 0.126. The zero-order chi connectivity index (χ0) is 13.5. The lowest BCUT2D eigenvalue weighted by Crippen LogP contribution is -2.45. The molecule has 0 radical (unpaired) electrons. The van der Waals surface area contributed by atoms with E-state index in [2.05, 4.69) is 5.32 Å². The zero-order valence-corrected chi connectivity index (χ0v) is 10.7. The molecule has 0 spiro atoms. The second-order valence-electron chi connectivity index (χ2n) is 5.08. The molecule has 1 amide bonds. The number of amides is 1. The lowest BCUT2D eigenvalue weighted by Gasteiger charge is -2.20. The highest BCUT2D eigenvalue weighted by atomic mass is 16.4. The first-order chi connectivity index (χ1) is 8.54. The summed E-state index contributed by atoms with van der Waals surface area (Å²) >= 11 is 0. The number of carboxylic acids is 1. The Morgan fingerprint density at radius 1 is 1.44 bits per heavy atom. The first kappa shape index (κ1) is 14.5. The molecule has 1 saturated carbocycles. The van der Waals surface area contributed by atoms with Crippen molar-refractivity contribution < 1.29 is 14.7 Å². The predicted octanol–water partition coefficient (Wildman–Crippen LogP) is 1.69. The Kier molecular flexibility index (Phi) is 5.63. The summed E-state index contributed by atoms with van der Waals surface area (Å²) in [7, 11) is 0. The molecule has 5 heteroatoms. The van der Waals surface area contributed by atoms with E-state index < -0.39 is 12.0 Å². The first-order valence-electron chi connectivity index (χ1n) is 6.43. The molecule has 1 fully saturated rings. The Labute approximate surface area is 107 Å². The summed E-state index contributed by atoms with van der Waals surface area (Å²) in [6.45, 7) is 1.66. The Bertz CT molecular complexity index is 343. The molecule has 1 aliphatic carbocycles. The van der Waals surface area contributed by atoms with Gasteiger partial charge in [-0.25, -0.2) is 4.79 Å². The topological polar surface area (TPSA) is 90.2 Å². The maximum atomic E-state index is 11.8. The fourth-order valence-electron chi connectivity index (χ4n) is 2.42. The molecule has 18 heavy (non-hydrogen) atoms. The highest BCUT2D eigenvalue weighted by Gasteiger charge is 2.27. The van der Waals surface area contributed by atoms with Gasteiger partial charge in [0.1, 0.15) is 6.04 Å². The highest BCUT2D eigenvalue weighted by molar-refractivity contribution is 5.83. The molecule has 0 aromatic carbocycles. The second kappa shape index (κ2) is 7.00. The van der Waals surface area contributed by atoms with Crippen LogP contribution < -0.4 is 5.32 Å². The number of carbonyl (C=O) groups is 2. The van der Waals surface area contributed by atoms with Gasteiger partial charge in [0.05, 0.1) is 6.07 Å². The highest BCUT2D eigenvalue weighted by Crippen LogP contribution is 2.27. The van der Waals surface area contributed by atoms with E-state index in [9.17, 15) is 9.59 Å². The third-order valence-electron chi connectivity index (χ3n) is 3.51. The van der Waals surface area contributed by atoms with Gasteiger partial charge in [0.2, 0.25) is 5.91 Å². The molecule has 0 unspecified atom stereocenters. The fraction of sp³-hybridized carbons (Fsp3) is 0.769. The average molecular weight is 252 g/mol. The summed E-state index contributed by atoms with van der Waals surface area (Å²) in [4.78, 5) is 22.8. The van der Waals surface area contributed by atoms with Crippen molar-refractivity contribution in [3.63, 3.8) is 0 Å². The molecule has 5 nitrogen and oxygen atoms in total. The van der Waals surface area contributed by atoms with Gasteiger partial charge in [0.25, 0.3) is 0 Å². The number of nitrogens with one attached hydrogen (secondary N) is 1. The van der Waals surface area contributed by atoms with Gasteiger partial charge in [0.15, 0.2) is 0 Å². The van der Waals surface area contributed by atoms with Gasteiger partial charge in [-0.2, -0.15) is 5.26 Å². The Balaban J connectivity index is 2.47. The van der Waals surface area contributed by atoms with E-state index in [1.165, 1.54) is 0 Å². The number of aliphatic carboxylic acids is 1. The summed E-state index contributed by atoms with van der Waals surface area (Å²) in [6, 6.07) is 0.975. The molecule has 2 N–H and O–H groups in total. The molecule has 0 bridgehead atoms. The van der Waals surface area contributed by atoms with Crippen LogP contribution in [0.2, 0.25) is 0 Å². The molecular formula is C13H20N2O3. The molecule has 0 aliphatic heterocycles. The third-order valence-corrected chi connectivity index (χ3v) is 3.51. The fourth-order valence-corrected chi connectivity index (χ4v) is 2.42. The summed E-state index contributed by atoms with van der Waals surface area (Å²) in [5, 5.41) is 20.2. The van der Waals surface area contributed by atoms with Gasteiger partial charge in [-0.05, 0) is 18.8 Å². The van der Waals surface area contributed by atoms with E-state index >= 15 is 0 Å². The van der Waals surface area contributed by atoms with Crippen LogP contribution in [0.25, 0.3) is 0 Å². The second-order valence-corrected chi connectivity index (χ2v) is 5.08. The van der Waals surface area contributed by atoms with E-state index in [1.54, 1.807) is 6.92 Å². The largest absolute Gasteiger partial charge is 0.480 e. The maximum absolute atomic E-state index is 11.8.